The molecule has 0 unspecified atom stereocenters. The molecule has 0 saturated carbocycles. The fourth-order valence-corrected chi connectivity index (χ4v) is 2.61. The molecule has 172 valence electrons. The number of benzene rings is 2. The van der Waals surface area contributed by atoms with Crippen LogP contribution in [0.1, 0.15) is 42.3 Å². The summed E-state index contributed by atoms with van der Waals surface area (Å²) >= 11 is 0. The number of allylic oxidation sites excluding steroid dienone is 1. The molecule has 0 bridgehead atoms. The van der Waals surface area contributed by atoms with Crippen molar-refractivity contribution in [1.29, 1.82) is 0 Å². The normalized spacial score (nSPS) is 11.6. The number of rotatable bonds is 6. The highest BCUT2D eigenvalue weighted by atomic mass is 16.6. The molecule has 2 amide bonds. The minimum Gasteiger partial charge on any atom is -0.467 e. The smallest absolute Gasteiger partial charge is 0.407 e. The molecular formula is C26H28N2O5. The number of methoxy groups -OCH3 is 1. The number of esters is 1. The van der Waals surface area contributed by atoms with Crippen molar-refractivity contribution in [2.24, 2.45) is 0 Å². The number of alkyl carbamates (subject to hydrolysis) is 1. The Morgan fingerprint density at radius 1 is 1.03 bits per heavy atom. The van der Waals surface area contributed by atoms with Gasteiger partial charge in [-0.15, -0.1) is 0 Å². The van der Waals surface area contributed by atoms with Gasteiger partial charge in [-0.2, -0.15) is 0 Å². The van der Waals surface area contributed by atoms with Crippen LogP contribution in [0.15, 0.2) is 60.7 Å². The van der Waals surface area contributed by atoms with Crippen molar-refractivity contribution in [3.63, 3.8) is 0 Å². The standard InChI is InChI=1S/C26H28N2O5/c1-26(2,3)33-25(31)27-18-22(24(30)32-4)28-23(29)21-16-14-20(15-17-21)13-9-8-12-19-10-6-5-7-11-19/h5-8,10-12,14-17,22H,18H2,1-4H3,(H,27,31)(H,28,29)/t22-/m0/s1. The highest BCUT2D eigenvalue weighted by molar-refractivity contribution is 5.97. The van der Waals surface area contributed by atoms with Gasteiger partial charge in [0.25, 0.3) is 5.91 Å². The number of nitrogens with one attached hydrogen (secondary N) is 2. The first kappa shape index (κ1) is 25.2. The van der Waals surface area contributed by atoms with Crippen LogP contribution in [0.3, 0.4) is 0 Å². The Hall–Kier alpha value is -4.05. The summed E-state index contributed by atoms with van der Waals surface area (Å²) in [5, 5.41) is 5.02. The molecule has 0 aliphatic rings. The van der Waals surface area contributed by atoms with Crippen molar-refractivity contribution < 1.29 is 23.9 Å². The molecule has 1 atom stereocenters. The summed E-state index contributed by atoms with van der Waals surface area (Å²) in [7, 11) is 1.20. The maximum atomic E-state index is 12.6. The molecule has 0 aliphatic carbocycles. The second kappa shape index (κ2) is 12.1. The van der Waals surface area contributed by atoms with Crippen LogP contribution in [-0.4, -0.2) is 43.3 Å². The molecule has 2 aromatic carbocycles. The molecule has 2 aromatic rings. The molecule has 0 heterocycles. The van der Waals surface area contributed by atoms with Gasteiger partial charge in [0.2, 0.25) is 0 Å². The van der Waals surface area contributed by atoms with Crippen LogP contribution in [0.25, 0.3) is 6.08 Å². The highest BCUT2D eigenvalue weighted by Gasteiger charge is 2.24. The van der Waals surface area contributed by atoms with E-state index in [1.54, 1.807) is 51.1 Å². The number of hydrogen-bond donors (Lipinski definition) is 2. The van der Waals surface area contributed by atoms with Gasteiger partial charge in [-0.25, -0.2) is 9.59 Å². The van der Waals surface area contributed by atoms with Gasteiger partial charge in [0.15, 0.2) is 0 Å². The van der Waals surface area contributed by atoms with E-state index in [1.165, 1.54) is 7.11 Å². The SMILES string of the molecule is COC(=O)[C@H](CNC(=O)OC(C)(C)C)NC(=O)c1ccc(C#CC=Cc2ccccc2)cc1. The number of carbonyl (C=O) groups is 3. The monoisotopic (exact) mass is 448 g/mol. The first-order chi connectivity index (χ1) is 15.7. The van der Waals surface area contributed by atoms with E-state index >= 15 is 0 Å². The zero-order valence-electron chi connectivity index (χ0n) is 19.2. The Bertz CT molecular complexity index is 1040. The topological polar surface area (TPSA) is 93.7 Å². The van der Waals surface area contributed by atoms with Crippen molar-refractivity contribution in [2.75, 3.05) is 13.7 Å². The maximum Gasteiger partial charge on any atom is 0.407 e. The molecule has 7 nitrogen and oxygen atoms in total. The van der Waals surface area contributed by atoms with Crippen molar-refractivity contribution in [2.45, 2.75) is 32.4 Å². The van der Waals surface area contributed by atoms with E-state index in [-0.39, 0.29) is 6.54 Å². The Kier molecular flexibility index (Phi) is 9.25. The lowest BCUT2D eigenvalue weighted by molar-refractivity contribution is -0.142. The fourth-order valence-electron chi connectivity index (χ4n) is 2.61. The molecule has 2 N–H and O–H groups in total. The molecular weight excluding hydrogens is 420 g/mol. The highest BCUT2D eigenvalue weighted by Crippen LogP contribution is 2.07. The Morgan fingerprint density at radius 2 is 1.70 bits per heavy atom. The Morgan fingerprint density at radius 3 is 2.30 bits per heavy atom. The lowest BCUT2D eigenvalue weighted by Gasteiger charge is -2.21. The molecule has 0 aliphatic heterocycles. The van der Waals surface area contributed by atoms with Gasteiger partial charge in [0.05, 0.1) is 13.7 Å². The average Bonchev–Trinajstić information content (AvgIpc) is 2.78. The second-order valence-corrected chi connectivity index (χ2v) is 8.02. The molecule has 0 saturated heterocycles. The van der Waals surface area contributed by atoms with Crippen LogP contribution in [0.5, 0.6) is 0 Å². The quantitative estimate of drug-likeness (QED) is 0.521. The zero-order valence-corrected chi connectivity index (χ0v) is 19.2. The zero-order chi connectivity index (χ0) is 24.3. The lowest BCUT2D eigenvalue weighted by atomic mass is 10.1. The number of hydrogen-bond acceptors (Lipinski definition) is 5. The van der Waals surface area contributed by atoms with E-state index in [0.717, 1.165) is 11.1 Å². The van der Waals surface area contributed by atoms with Crippen LogP contribution >= 0.6 is 0 Å². The molecule has 2 rings (SSSR count). The first-order valence-electron chi connectivity index (χ1n) is 10.4. The van der Waals surface area contributed by atoms with Crippen molar-refractivity contribution >= 4 is 24.0 Å². The number of carbonyl (C=O) groups excluding carboxylic acids is 3. The summed E-state index contributed by atoms with van der Waals surface area (Å²) in [4.78, 5) is 36.4. The first-order valence-corrected chi connectivity index (χ1v) is 10.4. The summed E-state index contributed by atoms with van der Waals surface area (Å²) in [6, 6.07) is 15.4. The van der Waals surface area contributed by atoms with Gasteiger partial charge < -0.3 is 20.1 Å². The van der Waals surface area contributed by atoms with E-state index < -0.39 is 29.6 Å². The van der Waals surface area contributed by atoms with E-state index in [9.17, 15) is 14.4 Å². The van der Waals surface area contributed by atoms with Gasteiger partial charge in [-0.05, 0) is 62.8 Å². The second-order valence-electron chi connectivity index (χ2n) is 8.02. The summed E-state index contributed by atoms with van der Waals surface area (Å²) < 4.78 is 9.85. The molecule has 0 spiro atoms. The average molecular weight is 449 g/mol. The van der Waals surface area contributed by atoms with E-state index in [4.69, 9.17) is 9.47 Å². The Balaban J connectivity index is 1.96. The lowest BCUT2D eigenvalue weighted by Crippen LogP contribution is -2.49. The third kappa shape index (κ3) is 9.32. The maximum absolute atomic E-state index is 12.6. The molecule has 33 heavy (non-hydrogen) atoms. The summed E-state index contributed by atoms with van der Waals surface area (Å²) in [5.74, 6) is 4.77. The molecule has 0 fully saturated rings. The van der Waals surface area contributed by atoms with E-state index in [1.807, 2.05) is 36.4 Å². The van der Waals surface area contributed by atoms with Crippen molar-refractivity contribution in [3.8, 4) is 11.8 Å². The van der Waals surface area contributed by atoms with Gasteiger partial charge in [0, 0.05) is 11.1 Å². The molecule has 0 aromatic heterocycles. The molecule has 0 radical (unpaired) electrons. The van der Waals surface area contributed by atoms with Crippen LogP contribution in [0.4, 0.5) is 4.79 Å². The summed E-state index contributed by atoms with van der Waals surface area (Å²) in [6.07, 6.45) is 2.97. The summed E-state index contributed by atoms with van der Waals surface area (Å²) in [6.45, 7) is 4.99. The Labute approximate surface area is 194 Å². The summed E-state index contributed by atoms with van der Waals surface area (Å²) in [5.41, 5.74) is 1.45. The largest absolute Gasteiger partial charge is 0.467 e. The predicted molar refractivity (Wildman–Crippen MR) is 126 cm³/mol. The third-order valence-corrected chi connectivity index (χ3v) is 4.16. The van der Waals surface area contributed by atoms with Gasteiger partial charge in [-0.1, -0.05) is 42.2 Å². The third-order valence-electron chi connectivity index (χ3n) is 4.16. The van der Waals surface area contributed by atoms with E-state index in [2.05, 4.69) is 22.5 Å². The van der Waals surface area contributed by atoms with Crippen LogP contribution in [-0.2, 0) is 14.3 Å². The fraction of sp³-hybridized carbons (Fsp3) is 0.269. The van der Waals surface area contributed by atoms with Gasteiger partial charge in [-0.3, -0.25) is 4.79 Å². The van der Waals surface area contributed by atoms with Crippen molar-refractivity contribution in [1.82, 2.24) is 10.6 Å². The van der Waals surface area contributed by atoms with E-state index in [0.29, 0.717) is 5.56 Å². The van der Waals surface area contributed by atoms with Crippen LogP contribution in [0.2, 0.25) is 0 Å². The van der Waals surface area contributed by atoms with Gasteiger partial charge in [0.1, 0.15) is 11.6 Å². The van der Waals surface area contributed by atoms with Gasteiger partial charge >= 0.3 is 12.1 Å². The molecule has 7 heteroatoms. The minimum atomic E-state index is -1.07. The van der Waals surface area contributed by atoms with Crippen LogP contribution < -0.4 is 10.6 Å². The van der Waals surface area contributed by atoms with Crippen molar-refractivity contribution in [3.05, 3.63) is 77.4 Å². The van der Waals surface area contributed by atoms with Crippen LogP contribution in [0, 0.1) is 11.8 Å². The number of amides is 2. The predicted octanol–water partition coefficient (Wildman–Crippen LogP) is 3.55. The number of ether oxygens (including phenoxy) is 2. The minimum absolute atomic E-state index is 0.176.